The number of benzene rings is 3. The predicted octanol–water partition coefficient (Wildman–Crippen LogP) is 9.14. The third-order valence-electron chi connectivity index (χ3n) is 11.5. The summed E-state index contributed by atoms with van der Waals surface area (Å²) in [5, 5.41) is 6.75. The van der Waals surface area contributed by atoms with Crippen molar-refractivity contribution in [3.05, 3.63) is 124 Å². The highest BCUT2D eigenvalue weighted by Gasteiger charge is 2.68. The fourth-order valence-corrected chi connectivity index (χ4v) is 9.52. The van der Waals surface area contributed by atoms with Crippen LogP contribution < -0.4 is 15.1 Å². The van der Waals surface area contributed by atoms with Gasteiger partial charge in [0, 0.05) is 55.0 Å². The number of hydrogen-bond acceptors (Lipinski definition) is 8. The third-order valence-corrected chi connectivity index (χ3v) is 12.6. The van der Waals surface area contributed by atoms with Crippen LogP contribution in [0, 0.1) is 30.3 Å². The molecule has 1 aliphatic heterocycles. The van der Waals surface area contributed by atoms with Gasteiger partial charge in [0.25, 0.3) is 5.92 Å². The van der Waals surface area contributed by atoms with Gasteiger partial charge in [-0.1, -0.05) is 35.1 Å². The number of nitrogens with zero attached hydrogens (tertiary/aromatic N) is 6. The average Bonchev–Trinajstić information content (AvgIpc) is 3.65. The molecule has 1 saturated carbocycles. The van der Waals surface area contributed by atoms with E-state index in [0.29, 0.717) is 46.8 Å². The number of piperazine rings is 1. The Balaban J connectivity index is 1.11. The highest BCUT2D eigenvalue weighted by Crippen LogP contribution is 2.68. The number of Topliss-reactive ketones (excluding diaryl/α,β-unsaturated/α-hetero) is 1. The molecule has 9 nitrogen and oxygen atoms in total. The molecule has 1 N–H and O–H groups in total. The Morgan fingerprint density at radius 2 is 1.61 bits per heavy atom. The molecule has 0 unspecified atom stereocenters. The zero-order valence-electron chi connectivity index (χ0n) is 32.5. The maximum atomic E-state index is 15.4. The van der Waals surface area contributed by atoms with Crippen LogP contribution in [0.3, 0.4) is 0 Å². The van der Waals surface area contributed by atoms with Gasteiger partial charge in [0.2, 0.25) is 5.91 Å². The van der Waals surface area contributed by atoms with Gasteiger partial charge in [-0.3, -0.25) is 14.3 Å². The molecule has 316 valence electrons. The van der Waals surface area contributed by atoms with Crippen LogP contribution in [0.15, 0.2) is 66.7 Å². The lowest BCUT2D eigenvalue weighted by Gasteiger charge is -2.36. The zero-order chi connectivity index (χ0) is 43.1. The van der Waals surface area contributed by atoms with Crippen LogP contribution in [-0.2, 0) is 29.9 Å². The molecule has 0 radical (unpaired) electrons. The number of alkyl halides is 5. The zero-order valence-corrected chi connectivity index (χ0v) is 33.3. The highest BCUT2D eigenvalue weighted by atomic mass is 32.1. The van der Waals surface area contributed by atoms with Crippen LogP contribution in [-0.4, -0.2) is 57.6 Å². The number of carbonyl (C=O) groups excluding carboxylic acids is 2. The fraction of sp³-hybridized carbons (Fsp3) is 0.326. The summed E-state index contributed by atoms with van der Waals surface area (Å²) >= 11 is 1.32. The van der Waals surface area contributed by atoms with E-state index in [1.165, 1.54) is 30.4 Å². The number of hydrogen-bond donors (Lipinski definition) is 1. The molecule has 3 aromatic carbocycles. The monoisotopic (exact) mass is 865 g/mol. The molecule has 2 fully saturated rings. The fourth-order valence-electron chi connectivity index (χ4n) is 8.52. The summed E-state index contributed by atoms with van der Waals surface area (Å²) in [6.45, 7) is 4.77. The molecule has 4 heterocycles. The van der Waals surface area contributed by atoms with Gasteiger partial charge in [-0.05, 0) is 86.2 Å². The van der Waals surface area contributed by atoms with Crippen LogP contribution in [0.2, 0.25) is 0 Å². The minimum atomic E-state index is -5.06. The first-order valence-corrected chi connectivity index (χ1v) is 20.3. The topological polar surface area (TPSA) is 96.3 Å². The molecule has 1 amide bonds. The predicted molar refractivity (Wildman–Crippen MR) is 211 cm³/mol. The first-order valence-electron chi connectivity index (χ1n) is 19.4. The Hall–Kier alpha value is -5.91. The Morgan fingerprint density at radius 1 is 0.918 bits per heavy atom. The van der Waals surface area contributed by atoms with Gasteiger partial charge in [0.05, 0.1) is 22.0 Å². The Morgan fingerprint density at radius 3 is 2.28 bits per heavy atom. The first-order chi connectivity index (χ1) is 28.9. The Kier molecular flexibility index (Phi) is 9.90. The van der Waals surface area contributed by atoms with Crippen molar-refractivity contribution in [1.29, 1.82) is 0 Å². The number of pyridine rings is 1. The summed E-state index contributed by atoms with van der Waals surface area (Å²) in [5.41, 5.74) is -0.245. The van der Waals surface area contributed by atoms with Gasteiger partial charge in [-0.2, -0.15) is 32.0 Å². The summed E-state index contributed by atoms with van der Waals surface area (Å²) < 4.78 is 118. The molecule has 6 aromatic rings. The van der Waals surface area contributed by atoms with E-state index in [-0.39, 0.29) is 46.4 Å². The molecule has 9 rings (SSSR count). The van der Waals surface area contributed by atoms with Crippen LogP contribution in [0.4, 0.5) is 45.9 Å². The van der Waals surface area contributed by atoms with Crippen molar-refractivity contribution < 1.29 is 44.7 Å². The molecule has 1 saturated heterocycles. The largest absolute Gasteiger partial charge is 0.435 e. The summed E-state index contributed by atoms with van der Waals surface area (Å²) in [4.78, 5) is 40.5. The second-order valence-corrected chi connectivity index (χ2v) is 16.7. The van der Waals surface area contributed by atoms with E-state index in [2.05, 4.69) is 32.3 Å². The molecule has 3 aromatic heterocycles. The first kappa shape index (κ1) is 40.5. The molecule has 0 bridgehead atoms. The lowest BCUT2D eigenvalue weighted by Crippen LogP contribution is -2.46. The number of fused-ring (bicyclic) bond motifs is 4. The second-order valence-electron chi connectivity index (χ2n) is 15.7. The molecule has 2 aliphatic carbocycles. The second kappa shape index (κ2) is 14.9. The van der Waals surface area contributed by atoms with Gasteiger partial charge in [0.1, 0.15) is 29.7 Å². The van der Waals surface area contributed by atoms with Crippen molar-refractivity contribution in [2.45, 2.75) is 57.3 Å². The van der Waals surface area contributed by atoms with Crippen molar-refractivity contribution in [3.63, 3.8) is 0 Å². The van der Waals surface area contributed by atoms with E-state index >= 15 is 8.78 Å². The lowest BCUT2D eigenvalue weighted by atomic mass is 9.94. The van der Waals surface area contributed by atoms with E-state index in [9.17, 15) is 35.9 Å². The minimum absolute atomic E-state index is 0.0375. The number of rotatable bonds is 10. The summed E-state index contributed by atoms with van der Waals surface area (Å²) in [7, 11) is 0. The SMILES string of the molecule is CC(=O)c1cc(-c2cc3sc(N4CCN(c5ccc(C)cc5)CC4)nc3nc2[C@H](Cc2cc(F)cc(F)c2)NC(=O)Cn2nc(C(F)(F)F)c3c2C(F)(F)[C@@H]2C[C@H]32)ccc1F. The van der Waals surface area contributed by atoms with Crippen LogP contribution in [0.25, 0.3) is 21.5 Å². The molecule has 3 atom stereocenters. The van der Waals surface area contributed by atoms with Gasteiger partial charge >= 0.3 is 6.18 Å². The number of thiazole rings is 1. The van der Waals surface area contributed by atoms with Crippen molar-refractivity contribution in [2.24, 2.45) is 5.92 Å². The van der Waals surface area contributed by atoms with Crippen LogP contribution >= 0.6 is 11.3 Å². The van der Waals surface area contributed by atoms with E-state index < -0.39 is 82.6 Å². The van der Waals surface area contributed by atoms with Crippen molar-refractivity contribution in [1.82, 2.24) is 25.1 Å². The average molecular weight is 866 g/mol. The molecule has 3 aliphatic rings. The molecular weight excluding hydrogens is 831 g/mol. The van der Waals surface area contributed by atoms with Crippen LogP contribution in [0.5, 0.6) is 0 Å². The number of amides is 1. The van der Waals surface area contributed by atoms with E-state index in [1.807, 2.05) is 19.1 Å². The molecule has 18 heteroatoms. The summed E-state index contributed by atoms with van der Waals surface area (Å²) in [5.74, 6) is -10.3. The number of nitrogens with one attached hydrogen (secondary N) is 1. The molecular formula is C43H35F8N7O2S. The van der Waals surface area contributed by atoms with Gasteiger partial charge in [-0.15, -0.1) is 0 Å². The number of aryl methyl sites for hydroxylation is 1. The maximum absolute atomic E-state index is 15.4. The number of aromatic nitrogens is 4. The van der Waals surface area contributed by atoms with E-state index in [1.54, 1.807) is 6.07 Å². The lowest BCUT2D eigenvalue weighted by molar-refractivity contribution is -0.142. The number of anilines is 2. The van der Waals surface area contributed by atoms with Crippen LogP contribution in [0.1, 0.15) is 69.4 Å². The quantitative estimate of drug-likeness (QED) is 0.108. The van der Waals surface area contributed by atoms with Crippen molar-refractivity contribution in [2.75, 3.05) is 36.0 Å². The standard InChI is InChI=1S/C43H35F8N7O2S/c1-21-3-6-27(7-4-21)56-9-11-57(12-10-56)41-54-40-34(61-41)19-29(24-5-8-32(46)28(16-24)22(2)59)37(53-40)33(15-23-13-25(44)17-26(45)14-23)52-35(60)20-58-39-36(38(55-58)43(49,50)51)30-18-31(30)42(39,47)48/h3-8,13-14,16-17,19,30-31,33H,9-12,15,18,20H2,1-2H3,(H,52,60)/t30-,31+,33-/m0/s1. The van der Waals surface area contributed by atoms with Gasteiger partial charge in [0.15, 0.2) is 22.3 Å². The molecule has 61 heavy (non-hydrogen) atoms. The normalized spacial score (nSPS) is 18.6. The summed E-state index contributed by atoms with van der Waals surface area (Å²) in [6, 6.07) is 15.0. The number of halogens is 8. The van der Waals surface area contributed by atoms with Crippen molar-refractivity contribution >= 4 is 44.2 Å². The molecule has 0 spiro atoms. The Labute approximate surface area is 347 Å². The highest BCUT2D eigenvalue weighted by molar-refractivity contribution is 7.22. The van der Waals surface area contributed by atoms with Gasteiger partial charge in [-0.25, -0.2) is 18.2 Å². The van der Waals surface area contributed by atoms with Gasteiger partial charge < -0.3 is 15.1 Å². The smallest absolute Gasteiger partial charge is 0.368 e. The number of ketones is 1. The third kappa shape index (κ3) is 7.59. The summed E-state index contributed by atoms with van der Waals surface area (Å²) in [6.07, 6.45) is -5.55. The Bertz CT molecular complexity index is 2710. The number of carbonyl (C=O) groups is 2. The minimum Gasteiger partial charge on any atom is -0.368 e. The van der Waals surface area contributed by atoms with Crippen molar-refractivity contribution in [3.8, 4) is 11.1 Å². The maximum Gasteiger partial charge on any atom is 0.435 e. The van der Waals surface area contributed by atoms with E-state index in [0.717, 1.165) is 29.4 Å². The van der Waals surface area contributed by atoms with E-state index in [4.69, 9.17) is 9.97 Å².